The quantitative estimate of drug-likeness (QED) is 0.332. The van der Waals surface area contributed by atoms with Gasteiger partial charge in [-0.05, 0) is 40.5 Å². The van der Waals surface area contributed by atoms with Crippen molar-refractivity contribution < 1.29 is 14.3 Å². The predicted molar refractivity (Wildman–Crippen MR) is 144 cm³/mol. The molecule has 0 spiro atoms. The minimum Gasteiger partial charge on any atom is -0.497 e. The number of benzene rings is 3. The van der Waals surface area contributed by atoms with Crippen LogP contribution in [0.25, 0.3) is 0 Å². The zero-order valence-corrected chi connectivity index (χ0v) is 20.9. The highest BCUT2D eigenvalue weighted by Gasteiger charge is 2.30. The Morgan fingerprint density at radius 3 is 2.08 bits per heavy atom. The molecule has 1 atom stereocenters. The third kappa shape index (κ3) is 7.51. The van der Waals surface area contributed by atoms with E-state index in [-0.39, 0.29) is 18.2 Å². The molecule has 37 heavy (non-hydrogen) atoms. The maximum atomic E-state index is 13.8. The third-order valence-corrected chi connectivity index (χ3v) is 6.17. The first kappa shape index (κ1) is 25.6. The van der Waals surface area contributed by atoms with Crippen molar-refractivity contribution in [2.24, 2.45) is 0 Å². The molecule has 6 heteroatoms. The van der Waals surface area contributed by atoms with Crippen molar-refractivity contribution in [1.82, 2.24) is 15.2 Å². The first-order valence-electron chi connectivity index (χ1n) is 12.3. The van der Waals surface area contributed by atoms with Crippen LogP contribution in [0.4, 0.5) is 0 Å². The molecular weight excluding hydrogens is 462 g/mol. The fourth-order valence-electron chi connectivity index (χ4n) is 4.16. The van der Waals surface area contributed by atoms with E-state index in [1.165, 1.54) is 0 Å². The van der Waals surface area contributed by atoms with Gasteiger partial charge in [-0.1, -0.05) is 78.9 Å². The van der Waals surface area contributed by atoms with Crippen LogP contribution in [0.3, 0.4) is 0 Å². The first-order valence-corrected chi connectivity index (χ1v) is 12.3. The van der Waals surface area contributed by atoms with Crippen molar-refractivity contribution in [2.75, 3.05) is 7.11 Å². The number of aromatic nitrogens is 1. The number of pyridine rings is 1. The molecule has 4 rings (SSSR count). The van der Waals surface area contributed by atoms with Crippen molar-refractivity contribution in [3.8, 4) is 5.75 Å². The highest BCUT2D eigenvalue weighted by Crippen LogP contribution is 2.19. The van der Waals surface area contributed by atoms with E-state index in [1.807, 2.05) is 97.1 Å². The summed E-state index contributed by atoms with van der Waals surface area (Å²) in [6.45, 7) is 0.634. The Labute approximate surface area is 217 Å². The number of nitrogens with one attached hydrogen (secondary N) is 1. The number of ether oxygens (including phenoxy) is 1. The van der Waals surface area contributed by atoms with Gasteiger partial charge in [-0.25, -0.2) is 0 Å². The Morgan fingerprint density at radius 2 is 1.46 bits per heavy atom. The fraction of sp³-hybridized carbons (Fsp3) is 0.194. The van der Waals surface area contributed by atoms with E-state index in [0.717, 1.165) is 28.0 Å². The molecule has 4 aromatic rings. The van der Waals surface area contributed by atoms with Crippen molar-refractivity contribution in [3.63, 3.8) is 0 Å². The molecule has 0 fully saturated rings. The fourth-order valence-corrected chi connectivity index (χ4v) is 4.16. The van der Waals surface area contributed by atoms with Crippen LogP contribution in [0.15, 0.2) is 109 Å². The largest absolute Gasteiger partial charge is 0.497 e. The van der Waals surface area contributed by atoms with Crippen molar-refractivity contribution in [3.05, 3.63) is 132 Å². The molecule has 0 unspecified atom stereocenters. The Hall–Kier alpha value is -4.45. The molecule has 0 saturated carbocycles. The number of rotatable bonds is 11. The summed E-state index contributed by atoms with van der Waals surface area (Å²) >= 11 is 0. The average molecular weight is 494 g/mol. The summed E-state index contributed by atoms with van der Waals surface area (Å²) in [5.41, 5.74) is 3.70. The second kappa shape index (κ2) is 13.0. The van der Waals surface area contributed by atoms with E-state index in [4.69, 9.17) is 4.74 Å². The van der Waals surface area contributed by atoms with Crippen LogP contribution < -0.4 is 10.1 Å². The summed E-state index contributed by atoms with van der Waals surface area (Å²) in [4.78, 5) is 33.3. The van der Waals surface area contributed by atoms with Gasteiger partial charge in [-0.2, -0.15) is 0 Å². The molecule has 0 saturated heterocycles. The van der Waals surface area contributed by atoms with Crippen molar-refractivity contribution in [2.45, 2.75) is 32.0 Å². The minimum atomic E-state index is -0.697. The summed E-state index contributed by atoms with van der Waals surface area (Å²) in [7, 11) is 1.62. The highest BCUT2D eigenvalue weighted by atomic mass is 16.5. The van der Waals surface area contributed by atoms with E-state index in [0.29, 0.717) is 19.5 Å². The molecule has 188 valence electrons. The van der Waals surface area contributed by atoms with Gasteiger partial charge >= 0.3 is 0 Å². The van der Waals surface area contributed by atoms with E-state index < -0.39 is 6.04 Å². The lowest BCUT2D eigenvalue weighted by Gasteiger charge is -2.32. The Balaban J connectivity index is 1.64. The Morgan fingerprint density at radius 1 is 0.811 bits per heavy atom. The van der Waals surface area contributed by atoms with E-state index >= 15 is 0 Å². The number of nitrogens with zero attached hydrogens (tertiary/aromatic N) is 2. The lowest BCUT2D eigenvalue weighted by molar-refractivity contribution is -0.140. The van der Waals surface area contributed by atoms with Gasteiger partial charge in [0.05, 0.1) is 13.5 Å². The van der Waals surface area contributed by atoms with Crippen LogP contribution in [-0.2, 0) is 35.5 Å². The molecule has 1 N–H and O–H groups in total. The molecule has 6 nitrogen and oxygen atoms in total. The maximum absolute atomic E-state index is 13.8. The SMILES string of the molecule is COc1ccc(CN(C(=O)Cc2ccccc2)[C@@H](Cc2ccccc2)C(=O)NCc2cccnc2)cc1. The molecule has 0 aliphatic heterocycles. The molecule has 0 radical (unpaired) electrons. The summed E-state index contributed by atoms with van der Waals surface area (Å²) in [5, 5.41) is 3.03. The number of carbonyl (C=O) groups is 2. The van der Waals surface area contributed by atoms with Crippen LogP contribution in [0.2, 0.25) is 0 Å². The highest BCUT2D eigenvalue weighted by molar-refractivity contribution is 5.88. The zero-order chi connectivity index (χ0) is 25.9. The molecule has 1 aromatic heterocycles. The number of hydrogen-bond donors (Lipinski definition) is 1. The minimum absolute atomic E-state index is 0.112. The Kier molecular flexibility index (Phi) is 9.02. The zero-order valence-electron chi connectivity index (χ0n) is 20.9. The first-order chi connectivity index (χ1) is 18.1. The van der Waals surface area contributed by atoms with Crippen LogP contribution in [0, 0.1) is 0 Å². The number of methoxy groups -OCH3 is 1. The topological polar surface area (TPSA) is 71.5 Å². The second-order valence-corrected chi connectivity index (χ2v) is 8.82. The lowest BCUT2D eigenvalue weighted by Crippen LogP contribution is -2.50. The predicted octanol–water partition coefficient (Wildman–Crippen LogP) is 4.59. The van der Waals surface area contributed by atoms with Crippen LogP contribution >= 0.6 is 0 Å². The van der Waals surface area contributed by atoms with Crippen molar-refractivity contribution in [1.29, 1.82) is 0 Å². The molecule has 0 aliphatic rings. The smallest absolute Gasteiger partial charge is 0.243 e. The van der Waals surface area contributed by atoms with Gasteiger partial charge < -0.3 is 15.0 Å². The summed E-state index contributed by atoms with van der Waals surface area (Å²) < 4.78 is 5.29. The standard InChI is InChI=1S/C31H31N3O3/c1-37-28-16-14-26(15-17-28)23-34(30(35)20-25-11-6-3-7-12-25)29(19-24-9-4-2-5-10-24)31(36)33-22-27-13-8-18-32-21-27/h2-18,21,29H,19-20,22-23H2,1H3,(H,33,36)/t29-/m0/s1. The van der Waals surface area contributed by atoms with Crippen LogP contribution in [0.1, 0.15) is 22.3 Å². The van der Waals surface area contributed by atoms with Crippen molar-refractivity contribution >= 4 is 11.8 Å². The molecule has 1 heterocycles. The van der Waals surface area contributed by atoms with Crippen LogP contribution in [0.5, 0.6) is 5.75 Å². The Bertz CT molecular complexity index is 1260. The van der Waals surface area contributed by atoms with Crippen LogP contribution in [-0.4, -0.2) is 34.8 Å². The van der Waals surface area contributed by atoms with Gasteiger partial charge in [0, 0.05) is 31.9 Å². The summed E-state index contributed by atoms with van der Waals surface area (Å²) in [6, 6.07) is 30.0. The summed E-state index contributed by atoms with van der Waals surface area (Å²) in [5.74, 6) is 0.420. The van der Waals surface area contributed by atoms with E-state index in [2.05, 4.69) is 10.3 Å². The van der Waals surface area contributed by atoms with Gasteiger partial charge in [-0.3, -0.25) is 14.6 Å². The third-order valence-electron chi connectivity index (χ3n) is 6.17. The number of carbonyl (C=O) groups excluding carboxylic acids is 2. The molecule has 0 aliphatic carbocycles. The van der Waals surface area contributed by atoms with Gasteiger partial charge in [0.1, 0.15) is 11.8 Å². The van der Waals surface area contributed by atoms with Gasteiger partial charge in [0.15, 0.2) is 0 Å². The summed E-state index contributed by atoms with van der Waals surface area (Å²) in [6.07, 6.45) is 4.03. The molecule has 2 amide bonds. The second-order valence-electron chi connectivity index (χ2n) is 8.82. The van der Waals surface area contributed by atoms with Gasteiger partial charge in [-0.15, -0.1) is 0 Å². The monoisotopic (exact) mass is 493 g/mol. The van der Waals surface area contributed by atoms with Gasteiger partial charge in [0.2, 0.25) is 11.8 Å². The molecule has 0 bridgehead atoms. The lowest BCUT2D eigenvalue weighted by atomic mass is 10.0. The number of hydrogen-bond acceptors (Lipinski definition) is 4. The van der Waals surface area contributed by atoms with E-state index in [1.54, 1.807) is 24.4 Å². The molecule has 3 aromatic carbocycles. The average Bonchev–Trinajstić information content (AvgIpc) is 2.95. The van der Waals surface area contributed by atoms with E-state index in [9.17, 15) is 9.59 Å². The number of amides is 2. The normalized spacial score (nSPS) is 11.4. The van der Waals surface area contributed by atoms with Gasteiger partial charge in [0.25, 0.3) is 0 Å². The molecular formula is C31H31N3O3. The maximum Gasteiger partial charge on any atom is 0.243 e.